The van der Waals surface area contributed by atoms with Crippen LogP contribution in [-0.2, 0) is 0 Å². The Hall–Kier alpha value is -2.02. The predicted molar refractivity (Wildman–Crippen MR) is 75.6 cm³/mol. The van der Waals surface area contributed by atoms with E-state index in [2.05, 4.69) is 5.32 Å². The molecule has 0 aliphatic heterocycles. The largest absolute Gasteiger partial charge is 0.493 e. The molecule has 1 aromatic carbocycles. The number of nitro groups is 1. The fourth-order valence-electron chi connectivity index (χ4n) is 1.57. The molecule has 2 N–H and O–H groups in total. The van der Waals surface area contributed by atoms with Gasteiger partial charge >= 0.3 is 0 Å². The van der Waals surface area contributed by atoms with Gasteiger partial charge in [0, 0.05) is 6.07 Å². The van der Waals surface area contributed by atoms with E-state index in [1.165, 1.54) is 26.4 Å². The summed E-state index contributed by atoms with van der Waals surface area (Å²) in [7, 11) is 2.86. The van der Waals surface area contributed by atoms with Crippen LogP contribution in [-0.4, -0.2) is 35.9 Å². The zero-order valence-corrected chi connectivity index (χ0v) is 12.3. The molecule has 1 atom stereocenters. The van der Waals surface area contributed by atoms with Gasteiger partial charge in [-0.1, -0.05) is 0 Å². The van der Waals surface area contributed by atoms with E-state index in [1.54, 1.807) is 20.8 Å². The standard InChI is InChI=1S/C13H20N2O5/c1-8(16)13(2,3)14-9-6-11(19-4)12(20-5)7-10(9)15(17)18/h6-8,14,16H,1-5H3. The number of anilines is 1. The summed E-state index contributed by atoms with van der Waals surface area (Å²) < 4.78 is 10.2. The van der Waals surface area contributed by atoms with Crippen LogP contribution in [0, 0.1) is 10.1 Å². The molecular formula is C13H20N2O5. The van der Waals surface area contributed by atoms with Gasteiger partial charge in [-0.3, -0.25) is 10.1 Å². The zero-order valence-electron chi connectivity index (χ0n) is 12.3. The van der Waals surface area contributed by atoms with Gasteiger partial charge in [0.25, 0.3) is 5.69 Å². The molecule has 112 valence electrons. The van der Waals surface area contributed by atoms with Crippen LogP contribution in [0.5, 0.6) is 11.5 Å². The Balaban J connectivity index is 3.33. The summed E-state index contributed by atoms with van der Waals surface area (Å²) in [6.07, 6.45) is -0.699. The maximum atomic E-state index is 11.2. The second-order valence-electron chi connectivity index (χ2n) is 5.00. The summed E-state index contributed by atoms with van der Waals surface area (Å²) in [5, 5.41) is 23.8. The second kappa shape index (κ2) is 5.96. The van der Waals surface area contributed by atoms with Gasteiger partial charge in [0.1, 0.15) is 5.69 Å². The lowest BCUT2D eigenvalue weighted by Gasteiger charge is -2.30. The Morgan fingerprint density at radius 3 is 2.20 bits per heavy atom. The lowest BCUT2D eigenvalue weighted by molar-refractivity contribution is -0.384. The van der Waals surface area contributed by atoms with Gasteiger partial charge in [0.05, 0.1) is 36.9 Å². The van der Waals surface area contributed by atoms with Gasteiger partial charge in [-0.05, 0) is 20.8 Å². The molecule has 7 nitrogen and oxygen atoms in total. The molecule has 1 unspecified atom stereocenters. The summed E-state index contributed by atoms with van der Waals surface area (Å²) >= 11 is 0. The van der Waals surface area contributed by atoms with Gasteiger partial charge in [0.15, 0.2) is 11.5 Å². The topological polar surface area (TPSA) is 93.9 Å². The number of nitro benzene ring substituents is 1. The van der Waals surface area contributed by atoms with Crippen molar-refractivity contribution in [1.82, 2.24) is 0 Å². The summed E-state index contributed by atoms with van der Waals surface area (Å²) in [6.45, 7) is 5.11. The third-order valence-electron chi connectivity index (χ3n) is 3.20. The second-order valence-corrected chi connectivity index (χ2v) is 5.00. The van der Waals surface area contributed by atoms with E-state index in [1.807, 2.05) is 0 Å². The van der Waals surface area contributed by atoms with Crippen LogP contribution in [0.2, 0.25) is 0 Å². The Labute approximate surface area is 117 Å². The molecule has 0 aliphatic rings. The van der Waals surface area contributed by atoms with Crippen molar-refractivity contribution in [2.24, 2.45) is 0 Å². The van der Waals surface area contributed by atoms with Crippen LogP contribution >= 0.6 is 0 Å². The summed E-state index contributed by atoms with van der Waals surface area (Å²) in [5.41, 5.74) is -0.611. The third kappa shape index (κ3) is 3.30. The van der Waals surface area contributed by atoms with Crippen molar-refractivity contribution in [3.8, 4) is 11.5 Å². The maximum absolute atomic E-state index is 11.2. The number of aliphatic hydroxyl groups is 1. The van der Waals surface area contributed by atoms with Crippen molar-refractivity contribution < 1.29 is 19.5 Å². The molecule has 1 rings (SSSR count). The van der Waals surface area contributed by atoms with Crippen LogP contribution in [0.1, 0.15) is 20.8 Å². The molecule has 0 aliphatic carbocycles. The smallest absolute Gasteiger partial charge is 0.296 e. The number of hydrogen-bond donors (Lipinski definition) is 2. The predicted octanol–water partition coefficient (Wildman–Crippen LogP) is 2.18. The van der Waals surface area contributed by atoms with Crippen molar-refractivity contribution in [3.63, 3.8) is 0 Å². The molecule has 7 heteroatoms. The zero-order chi connectivity index (χ0) is 15.5. The van der Waals surface area contributed by atoms with Crippen LogP contribution in [0.15, 0.2) is 12.1 Å². The van der Waals surface area contributed by atoms with Crippen LogP contribution < -0.4 is 14.8 Å². The highest BCUT2D eigenvalue weighted by Gasteiger charge is 2.28. The monoisotopic (exact) mass is 284 g/mol. The molecular weight excluding hydrogens is 264 g/mol. The number of aliphatic hydroxyl groups excluding tert-OH is 1. The number of nitrogens with one attached hydrogen (secondary N) is 1. The highest BCUT2D eigenvalue weighted by Crippen LogP contribution is 2.38. The lowest BCUT2D eigenvalue weighted by atomic mass is 9.98. The lowest BCUT2D eigenvalue weighted by Crippen LogP contribution is -2.42. The molecule has 0 aromatic heterocycles. The van der Waals surface area contributed by atoms with E-state index in [-0.39, 0.29) is 17.1 Å². The number of rotatable bonds is 6. The Morgan fingerprint density at radius 1 is 1.30 bits per heavy atom. The van der Waals surface area contributed by atoms with E-state index in [0.717, 1.165) is 0 Å². The fraction of sp³-hybridized carbons (Fsp3) is 0.538. The molecule has 0 heterocycles. The minimum Gasteiger partial charge on any atom is -0.493 e. The number of ether oxygens (including phenoxy) is 2. The number of benzene rings is 1. The van der Waals surface area contributed by atoms with E-state index in [0.29, 0.717) is 5.75 Å². The van der Waals surface area contributed by atoms with Gasteiger partial charge in [-0.15, -0.1) is 0 Å². The van der Waals surface area contributed by atoms with E-state index in [4.69, 9.17) is 9.47 Å². The normalized spacial score (nSPS) is 12.7. The molecule has 0 saturated heterocycles. The molecule has 20 heavy (non-hydrogen) atoms. The van der Waals surface area contributed by atoms with Crippen molar-refractivity contribution >= 4 is 11.4 Å². The van der Waals surface area contributed by atoms with Crippen molar-refractivity contribution in [3.05, 3.63) is 22.2 Å². The van der Waals surface area contributed by atoms with Gasteiger partial charge in [0.2, 0.25) is 0 Å². The highest BCUT2D eigenvalue weighted by molar-refractivity contribution is 5.69. The Bertz CT molecular complexity index is 500. The maximum Gasteiger partial charge on any atom is 0.296 e. The average Bonchev–Trinajstić information content (AvgIpc) is 2.37. The molecule has 0 radical (unpaired) electrons. The first-order valence-corrected chi connectivity index (χ1v) is 6.09. The van der Waals surface area contributed by atoms with Gasteiger partial charge in [-0.2, -0.15) is 0 Å². The number of hydrogen-bond acceptors (Lipinski definition) is 6. The first kappa shape index (κ1) is 16.0. The highest BCUT2D eigenvalue weighted by atomic mass is 16.6. The summed E-state index contributed by atoms with van der Waals surface area (Å²) in [6, 6.07) is 2.78. The minimum absolute atomic E-state index is 0.142. The van der Waals surface area contributed by atoms with E-state index in [9.17, 15) is 15.2 Å². The molecule has 0 bridgehead atoms. The SMILES string of the molecule is COc1cc(NC(C)(C)C(C)O)c([N+](=O)[O-])cc1OC. The fourth-order valence-corrected chi connectivity index (χ4v) is 1.57. The first-order chi connectivity index (χ1) is 9.22. The summed E-state index contributed by atoms with van der Waals surface area (Å²) in [4.78, 5) is 10.6. The molecule has 1 aromatic rings. The molecule has 0 saturated carbocycles. The molecule has 0 fully saturated rings. The van der Waals surface area contributed by atoms with Crippen LogP contribution in [0.4, 0.5) is 11.4 Å². The van der Waals surface area contributed by atoms with E-state index >= 15 is 0 Å². The van der Waals surface area contributed by atoms with Gasteiger partial charge < -0.3 is 19.9 Å². The Kier molecular flexibility index (Phi) is 4.78. The van der Waals surface area contributed by atoms with Crippen molar-refractivity contribution in [1.29, 1.82) is 0 Å². The first-order valence-electron chi connectivity index (χ1n) is 6.09. The average molecular weight is 284 g/mol. The van der Waals surface area contributed by atoms with Crippen molar-refractivity contribution in [2.75, 3.05) is 19.5 Å². The summed E-state index contributed by atoms with van der Waals surface area (Å²) in [5.74, 6) is 0.654. The quantitative estimate of drug-likeness (QED) is 0.614. The Morgan fingerprint density at radius 2 is 1.80 bits per heavy atom. The minimum atomic E-state index is -0.732. The number of nitrogens with zero attached hydrogens (tertiary/aromatic N) is 1. The van der Waals surface area contributed by atoms with Crippen molar-refractivity contribution in [2.45, 2.75) is 32.4 Å². The molecule has 0 spiro atoms. The van der Waals surface area contributed by atoms with Crippen LogP contribution in [0.25, 0.3) is 0 Å². The van der Waals surface area contributed by atoms with Gasteiger partial charge in [-0.25, -0.2) is 0 Å². The third-order valence-corrected chi connectivity index (χ3v) is 3.20. The van der Waals surface area contributed by atoms with E-state index < -0.39 is 16.6 Å². The number of methoxy groups -OCH3 is 2. The molecule has 0 amide bonds. The van der Waals surface area contributed by atoms with Crippen LogP contribution in [0.3, 0.4) is 0 Å².